The van der Waals surface area contributed by atoms with Gasteiger partial charge in [0, 0.05) is 44.5 Å². The number of piperazine rings is 1. The van der Waals surface area contributed by atoms with Gasteiger partial charge in [-0.3, -0.25) is 4.90 Å². The molecule has 1 aliphatic heterocycles. The predicted molar refractivity (Wildman–Crippen MR) is 93.0 cm³/mol. The monoisotopic (exact) mass is 328 g/mol. The van der Waals surface area contributed by atoms with E-state index < -0.39 is 0 Å². The average molecular weight is 328 g/mol. The van der Waals surface area contributed by atoms with Crippen LogP contribution in [0.4, 0.5) is 10.5 Å². The van der Waals surface area contributed by atoms with Gasteiger partial charge in [0.2, 0.25) is 0 Å². The Labute approximate surface area is 142 Å². The van der Waals surface area contributed by atoms with Crippen LogP contribution in [0.25, 0.3) is 0 Å². The number of carbonyl (C=O) groups excluding carboxylic acids is 1. The van der Waals surface area contributed by atoms with E-state index >= 15 is 0 Å². The smallest absolute Gasteiger partial charge is 0.321 e. The highest BCUT2D eigenvalue weighted by Crippen LogP contribution is 2.17. The van der Waals surface area contributed by atoms with Gasteiger partial charge in [-0.25, -0.2) is 4.79 Å². The normalized spacial score (nSPS) is 15.5. The molecule has 0 unspecified atom stereocenters. The Balaban J connectivity index is 1.52. The molecule has 0 atom stereocenters. The van der Waals surface area contributed by atoms with E-state index in [9.17, 15) is 4.79 Å². The lowest BCUT2D eigenvalue weighted by Gasteiger charge is -2.34. The average Bonchev–Trinajstić information content (AvgIpc) is 2.96. The van der Waals surface area contributed by atoms with E-state index in [1.807, 2.05) is 43.9 Å². The molecule has 0 bridgehead atoms. The third-order valence-electron chi connectivity index (χ3n) is 4.36. The quantitative estimate of drug-likeness (QED) is 0.941. The minimum Gasteiger partial charge on any atom is -0.361 e. The standard InChI is InChI=1S/C18H24N4O2/c1-13-4-5-14(2)17(10-13)19-18(23)22-8-6-21(7-9-22)12-16-11-15(3)24-20-16/h4-5,10-11H,6-9,12H2,1-3H3,(H,19,23). The van der Waals surface area contributed by atoms with Crippen molar-refractivity contribution >= 4 is 11.7 Å². The fourth-order valence-corrected chi connectivity index (χ4v) is 2.90. The number of hydrogen-bond donors (Lipinski definition) is 1. The van der Waals surface area contributed by atoms with Crippen LogP contribution in [0.1, 0.15) is 22.6 Å². The lowest BCUT2D eigenvalue weighted by Crippen LogP contribution is -2.49. The van der Waals surface area contributed by atoms with Crippen LogP contribution in [0, 0.1) is 20.8 Å². The minimum atomic E-state index is -0.0272. The van der Waals surface area contributed by atoms with Crippen molar-refractivity contribution in [3.05, 3.63) is 46.8 Å². The van der Waals surface area contributed by atoms with E-state index in [1.165, 1.54) is 0 Å². The van der Waals surface area contributed by atoms with Crippen molar-refractivity contribution in [3.8, 4) is 0 Å². The second-order valence-electron chi connectivity index (χ2n) is 6.44. The number of urea groups is 1. The van der Waals surface area contributed by atoms with Crippen LogP contribution in [0.15, 0.2) is 28.8 Å². The Kier molecular flexibility index (Phi) is 4.85. The lowest BCUT2D eigenvalue weighted by molar-refractivity contribution is 0.141. The Morgan fingerprint density at radius 1 is 1.17 bits per heavy atom. The number of nitrogens with zero attached hydrogens (tertiary/aromatic N) is 3. The minimum absolute atomic E-state index is 0.0272. The first kappa shape index (κ1) is 16.5. The maximum Gasteiger partial charge on any atom is 0.321 e. The van der Waals surface area contributed by atoms with Gasteiger partial charge in [-0.15, -0.1) is 0 Å². The fourth-order valence-electron chi connectivity index (χ4n) is 2.90. The summed E-state index contributed by atoms with van der Waals surface area (Å²) in [5, 5.41) is 7.06. The Morgan fingerprint density at radius 3 is 2.58 bits per heavy atom. The number of carbonyl (C=O) groups is 1. The second kappa shape index (κ2) is 7.05. The summed E-state index contributed by atoms with van der Waals surface area (Å²) in [6.07, 6.45) is 0. The number of aryl methyl sites for hydroxylation is 3. The molecule has 2 amide bonds. The molecule has 1 aromatic carbocycles. The van der Waals surface area contributed by atoms with E-state index in [1.54, 1.807) is 0 Å². The van der Waals surface area contributed by atoms with Crippen LogP contribution >= 0.6 is 0 Å². The summed E-state index contributed by atoms with van der Waals surface area (Å²) in [7, 11) is 0. The Hall–Kier alpha value is -2.34. The Bertz CT molecular complexity index is 718. The van der Waals surface area contributed by atoms with Crippen molar-refractivity contribution in [2.45, 2.75) is 27.3 Å². The third-order valence-corrected chi connectivity index (χ3v) is 4.36. The van der Waals surface area contributed by atoms with E-state index in [2.05, 4.69) is 21.4 Å². The van der Waals surface area contributed by atoms with E-state index in [-0.39, 0.29) is 6.03 Å². The summed E-state index contributed by atoms with van der Waals surface area (Å²) in [5.74, 6) is 0.830. The summed E-state index contributed by atoms with van der Waals surface area (Å²) in [4.78, 5) is 16.6. The summed E-state index contributed by atoms with van der Waals surface area (Å²) in [6.45, 7) is 9.81. The van der Waals surface area contributed by atoms with E-state index in [0.717, 1.165) is 47.9 Å². The predicted octanol–water partition coefficient (Wildman–Crippen LogP) is 2.95. The van der Waals surface area contributed by atoms with Gasteiger partial charge in [-0.05, 0) is 38.0 Å². The number of hydrogen-bond acceptors (Lipinski definition) is 4. The largest absolute Gasteiger partial charge is 0.361 e. The van der Waals surface area contributed by atoms with Gasteiger partial charge in [0.1, 0.15) is 5.76 Å². The zero-order chi connectivity index (χ0) is 17.1. The molecule has 1 fully saturated rings. The maximum absolute atomic E-state index is 12.5. The molecule has 0 saturated carbocycles. The summed E-state index contributed by atoms with van der Waals surface area (Å²) in [5.41, 5.74) is 4.05. The highest BCUT2D eigenvalue weighted by atomic mass is 16.5. The first-order chi connectivity index (χ1) is 11.5. The topological polar surface area (TPSA) is 61.6 Å². The molecule has 128 valence electrons. The molecule has 6 heteroatoms. The number of nitrogens with one attached hydrogen (secondary N) is 1. The van der Waals surface area contributed by atoms with Gasteiger partial charge >= 0.3 is 6.03 Å². The molecule has 0 radical (unpaired) electrons. The first-order valence-corrected chi connectivity index (χ1v) is 8.29. The summed E-state index contributed by atoms with van der Waals surface area (Å²) >= 11 is 0. The molecule has 0 aliphatic carbocycles. The number of benzene rings is 1. The molecule has 0 spiro atoms. The van der Waals surface area contributed by atoms with E-state index in [4.69, 9.17) is 4.52 Å². The van der Waals surface area contributed by atoms with Gasteiger partial charge in [0.05, 0.1) is 5.69 Å². The van der Waals surface area contributed by atoms with Crippen LogP contribution in [-0.2, 0) is 6.54 Å². The highest BCUT2D eigenvalue weighted by Gasteiger charge is 2.22. The number of rotatable bonds is 3. The van der Waals surface area contributed by atoms with Crippen LogP contribution < -0.4 is 5.32 Å². The fraction of sp³-hybridized carbons (Fsp3) is 0.444. The van der Waals surface area contributed by atoms with Gasteiger partial charge in [-0.1, -0.05) is 17.3 Å². The van der Waals surface area contributed by atoms with Crippen molar-refractivity contribution in [1.29, 1.82) is 0 Å². The Morgan fingerprint density at radius 2 is 1.92 bits per heavy atom. The van der Waals surface area contributed by atoms with E-state index in [0.29, 0.717) is 13.1 Å². The molecular weight excluding hydrogens is 304 g/mol. The molecule has 1 aliphatic rings. The highest BCUT2D eigenvalue weighted by molar-refractivity contribution is 5.90. The van der Waals surface area contributed by atoms with Gasteiger partial charge in [0.25, 0.3) is 0 Å². The van der Waals surface area contributed by atoms with Crippen molar-refractivity contribution in [2.75, 3.05) is 31.5 Å². The molecule has 1 saturated heterocycles. The molecule has 24 heavy (non-hydrogen) atoms. The summed E-state index contributed by atoms with van der Waals surface area (Å²) < 4.78 is 5.10. The maximum atomic E-state index is 12.5. The third kappa shape index (κ3) is 3.94. The van der Waals surface area contributed by atoms with Crippen LogP contribution in [0.2, 0.25) is 0 Å². The summed E-state index contributed by atoms with van der Waals surface area (Å²) in [6, 6.07) is 8.02. The van der Waals surface area contributed by atoms with Crippen molar-refractivity contribution < 1.29 is 9.32 Å². The molecule has 2 heterocycles. The zero-order valence-corrected chi connectivity index (χ0v) is 14.5. The molecule has 3 rings (SSSR count). The van der Waals surface area contributed by atoms with Gasteiger partial charge in [-0.2, -0.15) is 0 Å². The van der Waals surface area contributed by atoms with Crippen molar-refractivity contribution in [3.63, 3.8) is 0 Å². The molecule has 2 aromatic rings. The SMILES string of the molecule is Cc1ccc(C)c(NC(=O)N2CCN(Cc3cc(C)on3)CC2)c1. The van der Waals surface area contributed by atoms with Crippen molar-refractivity contribution in [1.82, 2.24) is 15.0 Å². The van der Waals surface area contributed by atoms with Crippen LogP contribution in [0.5, 0.6) is 0 Å². The van der Waals surface area contributed by atoms with Gasteiger partial charge < -0.3 is 14.7 Å². The molecule has 1 N–H and O–H groups in total. The zero-order valence-electron chi connectivity index (χ0n) is 14.5. The van der Waals surface area contributed by atoms with Crippen molar-refractivity contribution in [2.24, 2.45) is 0 Å². The van der Waals surface area contributed by atoms with Crippen LogP contribution in [-0.4, -0.2) is 47.2 Å². The van der Waals surface area contributed by atoms with Gasteiger partial charge in [0.15, 0.2) is 0 Å². The lowest BCUT2D eigenvalue weighted by atomic mass is 10.1. The number of aromatic nitrogens is 1. The number of amides is 2. The van der Waals surface area contributed by atoms with Crippen LogP contribution in [0.3, 0.4) is 0 Å². The number of anilines is 1. The first-order valence-electron chi connectivity index (χ1n) is 8.29. The second-order valence-corrected chi connectivity index (χ2v) is 6.44. The molecule has 6 nitrogen and oxygen atoms in total. The molecular formula is C18H24N4O2. The molecule has 1 aromatic heterocycles.